The molecule has 86 valence electrons. The van der Waals surface area contributed by atoms with Crippen molar-refractivity contribution >= 4 is 8.32 Å². The van der Waals surface area contributed by atoms with Crippen molar-refractivity contribution in [3.8, 4) is 0 Å². The molecule has 0 aromatic carbocycles. The molecule has 0 radical (unpaired) electrons. The highest BCUT2D eigenvalue weighted by Gasteiger charge is 2.39. The molecule has 3 heteroatoms. The Bertz CT molecular complexity index is 173. The van der Waals surface area contributed by atoms with E-state index in [4.69, 9.17) is 4.43 Å². The van der Waals surface area contributed by atoms with Crippen molar-refractivity contribution in [2.45, 2.75) is 65.5 Å². The van der Waals surface area contributed by atoms with Gasteiger partial charge in [0.25, 0.3) is 0 Å². The molecular formula is C11H26O2Si. The van der Waals surface area contributed by atoms with E-state index in [-0.39, 0.29) is 11.0 Å². The van der Waals surface area contributed by atoms with Gasteiger partial charge in [-0.25, -0.2) is 0 Å². The fourth-order valence-electron chi connectivity index (χ4n) is 0.796. The molecule has 0 bridgehead atoms. The van der Waals surface area contributed by atoms with Crippen molar-refractivity contribution in [1.29, 1.82) is 0 Å². The number of rotatable bonds is 4. The molecule has 0 spiro atoms. The Morgan fingerprint density at radius 3 is 2.00 bits per heavy atom. The van der Waals surface area contributed by atoms with Crippen molar-refractivity contribution in [2.24, 2.45) is 5.92 Å². The molecule has 0 aliphatic heterocycles. The second-order valence-electron chi connectivity index (χ2n) is 5.65. The molecule has 0 fully saturated rings. The number of aliphatic hydroxyl groups excluding tert-OH is 1. The van der Waals surface area contributed by atoms with Crippen LogP contribution in [0.15, 0.2) is 0 Å². The number of aliphatic hydroxyl groups is 1. The molecule has 0 aromatic heterocycles. The molecule has 2 nitrogen and oxygen atoms in total. The van der Waals surface area contributed by atoms with Gasteiger partial charge in [0.1, 0.15) is 6.29 Å². The van der Waals surface area contributed by atoms with Gasteiger partial charge in [0, 0.05) is 5.92 Å². The van der Waals surface area contributed by atoms with Crippen LogP contribution < -0.4 is 0 Å². The van der Waals surface area contributed by atoms with Crippen LogP contribution in [-0.2, 0) is 4.43 Å². The van der Waals surface area contributed by atoms with E-state index >= 15 is 0 Å². The lowest BCUT2D eigenvalue weighted by Gasteiger charge is -2.39. The second kappa shape index (κ2) is 4.77. The van der Waals surface area contributed by atoms with Crippen LogP contribution in [0.5, 0.6) is 0 Å². The highest BCUT2D eigenvalue weighted by molar-refractivity contribution is 6.74. The number of hydrogen-bond donors (Lipinski definition) is 1. The van der Waals surface area contributed by atoms with Crippen molar-refractivity contribution in [1.82, 2.24) is 0 Å². The quantitative estimate of drug-likeness (QED) is 0.579. The summed E-state index contributed by atoms with van der Waals surface area (Å²) >= 11 is 0. The fraction of sp³-hybridized carbons (Fsp3) is 1.00. The van der Waals surface area contributed by atoms with Gasteiger partial charge in [0.05, 0.1) is 0 Å². The van der Waals surface area contributed by atoms with Gasteiger partial charge in [-0.2, -0.15) is 0 Å². The van der Waals surface area contributed by atoms with Gasteiger partial charge in [-0.1, -0.05) is 34.6 Å². The van der Waals surface area contributed by atoms with Crippen molar-refractivity contribution < 1.29 is 9.53 Å². The maximum Gasteiger partial charge on any atom is 0.195 e. The molecule has 2 atom stereocenters. The lowest BCUT2D eigenvalue weighted by molar-refractivity contribution is -0.0676. The van der Waals surface area contributed by atoms with Gasteiger partial charge in [0.15, 0.2) is 8.32 Å². The summed E-state index contributed by atoms with van der Waals surface area (Å²) < 4.78 is 5.85. The molecule has 0 saturated carbocycles. The van der Waals surface area contributed by atoms with E-state index in [9.17, 15) is 5.11 Å². The Kier molecular flexibility index (Phi) is 4.82. The van der Waals surface area contributed by atoms with E-state index < -0.39 is 14.6 Å². The molecule has 1 unspecified atom stereocenters. The van der Waals surface area contributed by atoms with Gasteiger partial charge >= 0.3 is 0 Å². The van der Waals surface area contributed by atoms with E-state index in [1.807, 2.05) is 6.92 Å². The Morgan fingerprint density at radius 1 is 1.29 bits per heavy atom. The second-order valence-corrected chi connectivity index (χ2v) is 10.4. The van der Waals surface area contributed by atoms with Crippen LogP contribution in [0.4, 0.5) is 0 Å². The summed E-state index contributed by atoms with van der Waals surface area (Å²) in [6.45, 7) is 15.0. The van der Waals surface area contributed by atoms with E-state index in [1.165, 1.54) is 0 Å². The summed E-state index contributed by atoms with van der Waals surface area (Å²) in [6, 6.07) is 0. The monoisotopic (exact) mass is 218 g/mol. The SMILES string of the molecule is CCC(C)[C@@H](O)O[Si](C)(C)C(C)(C)C. The van der Waals surface area contributed by atoms with Crippen LogP contribution in [0.2, 0.25) is 18.1 Å². The standard InChI is InChI=1S/C11H26O2Si/c1-8-9(2)10(12)13-14(6,7)11(3,4)5/h9-10,12H,8H2,1-7H3/t9?,10-/m0/s1. The third kappa shape index (κ3) is 3.71. The topological polar surface area (TPSA) is 29.5 Å². The average Bonchev–Trinajstić information content (AvgIpc) is 2.00. The Hall–Kier alpha value is 0.137. The molecular weight excluding hydrogens is 192 g/mol. The first kappa shape index (κ1) is 14.1. The first-order chi connectivity index (χ1) is 6.12. The number of hydrogen-bond acceptors (Lipinski definition) is 2. The smallest absolute Gasteiger partial charge is 0.195 e. The van der Waals surface area contributed by atoms with Crippen LogP contribution in [0, 0.1) is 5.92 Å². The summed E-state index contributed by atoms with van der Waals surface area (Å²) in [5, 5.41) is 10.00. The van der Waals surface area contributed by atoms with Crippen LogP contribution in [0.3, 0.4) is 0 Å². The lowest BCUT2D eigenvalue weighted by Crippen LogP contribution is -2.45. The zero-order chi connectivity index (χ0) is 11.6. The summed E-state index contributed by atoms with van der Waals surface area (Å²) in [6.07, 6.45) is 0.358. The Morgan fingerprint density at radius 2 is 1.71 bits per heavy atom. The summed E-state index contributed by atoms with van der Waals surface area (Å²) in [7, 11) is -1.80. The van der Waals surface area contributed by atoms with Crippen LogP contribution in [0.25, 0.3) is 0 Å². The van der Waals surface area contributed by atoms with Crippen LogP contribution in [-0.4, -0.2) is 19.7 Å². The molecule has 1 N–H and O–H groups in total. The minimum atomic E-state index is -1.80. The first-order valence-electron chi connectivity index (χ1n) is 5.47. The zero-order valence-corrected chi connectivity index (χ0v) is 11.7. The molecule has 0 aromatic rings. The normalized spacial score (nSPS) is 18.0. The summed E-state index contributed by atoms with van der Waals surface area (Å²) in [4.78, 5) is 0. The van der Waals surface area contributed by atoms with Gasteiger partial charge in [-0.3, -0.25) is 0 Å². The van der Waals surface area contributed by atoms with Crippen molar-refractivity contribution in [3.05, 3.63) is 0 Å². The highest BCUT2D eigenvalue weighted by atomic mass is 28.4. The van der Waals surface area contributed by atoms with Gasteiger partial charge in [-0.15, -0.1) is 0 Å². The maximum atomic E-state index is 9.83. The van der Waals surface area contributed by atoms with Crippen molar-refractivity contribution in [2.75, 3.05) is 0 Å². The molecule has 0 rings (SSSR count). The summed E-state index contributed by atoms with van der Waals surface area (Å²) in [5.41, 5.74) is 0. The highest BCUT2D eigenvalue weighted by Crippen LogP contribution is 2.37. The van der Waals surface area contributed by atoms with Gasteiger partial charge in [0.2, 0.25) is 0 Å². The van der Waals surface area contributed by atoms with Crippen LogP contribution >= 0.6 is 0 Å². The third-order valence-electron chi connectivity index (χ3n) is 3.35. The van der Waals surface area contributed by atoms with E-state index in [0.29, 0.717) is 0 Å². The molecule has 0 aliphatic rings. The molecule has 0 amide bonds. The van der Waals surface area contributed by atoms with E-state index in [1.54, 1.807) is 0 Å². The van der Waals surface area contributed by atoms with Crippen LogP contribution in [0.1, 0.15) is 41.0 Å². The zero-order valence-electron chi connectivity index (χ0n) is 10.7. The molecule has 0 heterocycles. The Labute approximate surface area is 89.8 Å². The predicted molar refractivity (Wildman–Crippen MR) is 63.7 cm³/mol. The average molecular weight is 218 g/mol. The predicted octanol–water partition coefficient (Wildman–Crippen LogP) is 3.37. The van der Waals surface area contributed by atoms with E-state index in [0.717, 1.165) is 6.42 Å². The Balaban J connectivity index is 4.36. The maximum absolute atomic E-state index is 9.83. The summed E-state index contributed by atoms with van der Waals surface area (Å²) in [5.74, 6) is 0.226. The first-order valence-corrected chi connectivity index (χ1v) is 8.38. The fourth-order valence-corrected chi connectivity index (χ4v) is 1.99. The third-order valence-corrected chi connectivity index (χ3v) is 7.80. The van der Waals surface area contributed by atoms with E-state index in [2.05, 4.69) is 40.8 Å². The van der Waals surface area contributed by atoms with Gasteiger partial charge in [-0.05, 0) is 24.6 Å². The largest absolute Gasteiger partial charge is 0.392 e. The molecule has 14 heavy (non-hydrogen) atoms. The minimum Gasteiger partial charge on any atom is -0.392 e. The minimum absolute atomic E-state index is 0.168. The van der Waals surface area contributed by atoms with Crippen molar-refractivity contribution in [3.63, 3.8) is 0 Å². The molecule has 0 saturated heterocycles. The lowest BCUT2D eigenvalue weighted by atomic mass is 10.1. The molecule has 0 aliphatic carbocycles. The van der Waals surface area contributed by atoms with Gasteiger partial charge < -0.3 is 9.53 Å².